The molecule has 0 unspecified atom stereocenters. The van der Waals surface area contributed by atoms with Crippen molar-refractivity contribution in [1.29, 1.82) is 0 Å². The number of nitrogen functional groups attached to an aromatic ring is 1. The Hall–Kier alpha value is -2.10. The Morgan fingerprint density at radius 1 is 1.13 bits per heavy atom. The molecule has 1 aromatic heterocycles. The average Bonchev–Trinajstić information content (AvgIpc) is 2.17. The topological polar surface area (TPSA) is 58.9 Å². The molecule has 0 spiro atoms. The number of pyridine rings is 1. The normalized spacial score (nSPS) is 10.2. The fraction of sp³-hybridized carbons (Fsp3) is 0. The van der Waals surface area contributed by atoms with E-state index in [2.05, 4.69) is 4.98 Å². The third kappa shape index (κ3) is 1.74. The van der Waals surface area contributed by atoms with E-state index < -0.39 is 5.82 Å². The van der Waals surface area contributed by atoms with Crippen molar-refractivity contribution in [3.63, 3.8) is 0 Å². The maximum Gasteiger partial charge on any atom is 0.248 e. The number of benzene rings is 1. The van der Waals surface area contributed by atoms with Gasteiger partial charge in [-0.1, -0.05) is 12.1 Å². The zero-order valence-electron chi connectivity index (χ0n) is 7.83. The summed E-state index contributed by atoms with van der Waals surface area (Å²) in [4.78, 5) is 13.6. The van der Waals surface area contributed by atoms with Crippen LogP contribution in [0.25, 0.3) is 11.3 Å². The van der Waals surface area contributed by atoms with Crippen molar-refractivity contribution in [2.75, 3.05) is 5.73 Å². The van der Waals surface area contributed by atoms with Crippen molar-refractivity contribution in [1.82, 2.24) is 4.98 Å². The second-order valence-corrected chi connectivity index (χ2v) is 3.13. The Labute approximate surface area is 85.4 Å². The summed E-state index contributed by atoms with van der Waals surface area (Å²) < 4.78 is 13.5. The first-order valence-electron chi connectivity index (χ1n) is 4.42. The standard InChI is InChI=1S/C11H9FN2O/c12-7-3-1-4-8(13)11(7)9-5-2-6-10(15)14-9/h1-6H,13H2,(H,14,15). The highest BCUT2D eigenvalue weighted by atomic mass is 19.1. The van der Waals surface area contributed by atoms with Gasteiger partial charge < -0.3 is 10.7 Å². The first-order chi connectivity index (χ1) is 7.18. The Morgan fingerprint density at radius 3 is 2.53 bits per heavy atom. The Kier molecular flexibility index (Phi) is 2.25. The van der Waals surface area contributed by atoms with Gasteiger partial charge in [-0.2, -0.15) is 0 Å². The molecule has 0 bridgehead atoms. The lowest BCUT2D eigenvalue weighted by molar-refractivity contribution is 0.631. The minimum atomic E-state index is -0.447. The molecule has 0 radical (unpaired) electrons. The van der Waals surface area contributed by atoms with Gasteiger partial charge >= 0.3 is 0 Å². The van der Waals surface area contributed by atoms with Gasteiger partial charge in [0.15, 0.2) is 0 Å². The quantitative estimate of drug-likeness (QED) is 0.695. The predicted molar refractivity (Wildman–Crippen MR) is 56.9 cm³/mol. The van der Waals surface area contributed by atoms with E-state index in [1.807, 2.05) is 0 Å². The first kappa shape index (κ1) is 9.45. The molecule has 0 saturated carbocycles. The molecule has 76 valence electrons. The van der Waals surface area contributed by atoms with Gasteiger partial charge in [0, 0.05) is 11.8 Å². The van der Waals surface area contributed by atoms with Gasteiger partial charge in [0.25, 0.3) is 0 Å². The molecule has 3 N–H and O–H groups in total. The van der Waals surface area contributed by atoms with Crippen LogP contribution >= 0.6 is 0 Å². The van der Waals surface area contributed by atoms with Crippen LogP contribution in [0.3, 0.4) is 0 Å². The Morgan fingerprint density at radius 2 is 1.87 bits per heavy atom. The van der Waals surface area contributed by atoms with E-state index in [0.29, 0.717) is 11.4 Å². The summed E-state index contributed by atoms with van der Waals surface area (Å²) in [6.07, 6.45) is 0. The number of rotatable bonds is 1. The summed E-state index contributed by atoms with van der Waals surface area (Å²) in [6, 6.07) is 8.94. The van der Waals surface area contributed by atoms with Crippen LogP contribution in [0.15, 0.2) is 41.2 Å². The van der Waals surface area contributed by atoms with Crippen LogP contribution in [0.4, 0.5) is 10.1 Å². The summed E-state index contributed by atoms with van der Waals surface area (Å²) in [5.41, 5.74) is 6.28. The summed E-state index contributed by atoms with van der Waals surface area (Å²) in [6.45, 7) is 0. The molecular formula is C11H9FN2O. The molecule has 0 aliphatic rings. The van der Waals surface area contributed by atoms with Gasteiger partial charge in [-0.3, -0.25) is 4.79 Å². The lowest BCUT2D eigenvalue weighted by Crippen LogP contribution is -2.05. The van der Waals surface area contributed by atoms with Crippen molar-refractivity contribution in [2.45, 2.75) is 0 Å². The van der Waals surface area contributed by atoms with Crippen LogP contribution in [0, 0.1) is 5.82 Å². The highest BCUT2D eigenvalue weighted by Crippen LogP contribution is 2.25. The van der Waals surface area contributed by atoms with Crippen LogP contribution in [0.5, 0.6) is 0 Å². The van der Waals surface area contributed by atoms with Crippen LogP contribution in [-0.2, 0) is 0 Å². The molecule has 0 saturated heterocycles. The molecule has 1 aromatic carbocycles. The van der Waals surface area contributed by atoms with Crippen LogP contribution < -0.4 is 11.3 Å². The molecule has 0 aliphatic carbocycles. The molecule has 1 heterocycles. The van der Waals surface area contributed by atoms with E-state index in [0.717, 1.165) is 0 Å². The maximum atomic E-state index is 13.5. The zero-order valence-corrected chi connectivity index (χ0v) is 7.83. The van der Waals surface area contributed by atoms with Crippen LogP contribution in [0.2, 0.25) is 0 Å². The number of hydrogen-bond acceptors (Lipinski definition) is 2. The molecule has 0 fully saturated rings. The highest BCUT2D eigenvalue weighted by Gasteiger charge is 2.08. The monoisotopic (exact) mass is 204 g/mol. The lowest BCUT2D eigenvalue weighted by atomic mass is 10.1. The number of anilines is 1. The molecule has 2 rings (SSSR count). The van der Waals surface area contributed by atoms with Crippen molar-refractivity contribution in [2.24, 2.45) is 0 Å². The summed E-state index contributed by atoms with van der Waals surface area (Å²) in [5, 5.41) is 0. The van der Waals surface area contributed by atoms with Gasteiger partial charge in [-0.25, -0.2) is 4.39 Å². The SMILES string of the molecule is Nc1cccc(F)c1-c1cccc(=O)[nH]1. The van der Waals surface area contributed by atoms with Crippen molar-refractivity contribution in [3.8, 4) is 11.3 Å². The van der Waals surface area contributed by atoms with Gasteiger partial charge in [0.2, 0.25) is 5.56 Å². The smallest absolute Gasteiger partial charge is 0.248 e. The Bertz CT molecular complexity index is 528. The highest BCUT2D eigenvalue weighted by molar-refractivity contribution is 5.73. The maximum absolute atomic E-state index is 13.5. The fourth-order valence-electron chi connectivity index (χ4n) is 1.42. The molecular weight excluding hydrogens is 195 g/mol. The second kappa shape index (κ2) is 3.57. The molecule has 15 heavy (non-hydrogen) atoms. The number of H-pyrrole nitrogens is 1. The minimum Gasteiger partial charge on any atom is -0.398 e. The van der Waals surface area contributed by atoms with Gasteiger partial charge in [-0.15, -0.1) is 0 Å². The Balaban J connectivity index is 2.69. The summed E-state index contributed by atoms with van der Waals surface area (Å²) in [5.74, 6) is -0.447. The van der Waals surface area contributed by atoms with Crippen LogP contribution in [-0.4, -0.2) is 4.98 Å². The second-order valence-electron chi connectivity index (χ2n) is 3.13. The number of hydrogen-bond donors (Lipinski definition) is 2. The minimum absolute atomic E-state index is 0.232. The largest absolute Gasteiger partial charge is 0.398 e. The van der Waals surface area contributed by atoms with Gasteiger partial charge in [-0.05, 0) is 18.2 Å². The summed E-state index contributed by atoms with van der Waals surface area (Å²) in [7, 11) is 0. The predicted octanol–water partition coefficient (Wildman–Crippen LogP) is 1.76. The number of aromatic amines is 1. The number of halogens is 1. The van der Waals surface area contributed by atoms with Crippen molar-refractivity contribution in [3.05, 3.63) is 52.6 Å². The molecule has 4 heteroatoms. The molecule has 3 nitrogen and oxygen atoms in total. The van der Waals surface area contributed by atoms with Crippen molar-refractivity contribution >= 4 is 5.69 Å². The molecule has 2 aromatic rings. The van der Waals surface area contributed by atoms with Crippen molar-refractivity contribution < 1.29 is 4.39 Å². The van der Waals surface area contributed by atoms with Gasteiger partial charge in [0.05, 0.1) is 11.3 Å². The number of nitrogens with one attached hydrogen (secondary N) is 1. The first-order valence-corrected chi connectivity index (χ1v) is 4.42. The van der Waals surface area contributed by atoms with E-state index in [9.17, 15) is 9.18 Å². The van der Waals surface area contributed by atoms with Gasteiger partial charge in [0.1, 0.15) is 5.82 Å². The van der Waals surface area contributed by atoms with Crippen LogP contribution in [0.1, 0.15) is 0 Å². The fourth-order valence-corrected chi connectivity index (χ4v) is 1.42. The average molecular weight is 204 g/mol. The van der Waals surface area contributed by atoms with E-state index >= 15 is 0 Å². The molecule has 0 amide bonds. The van der Waals surface area contributed by atoms with E-state index in [-0.39, 0.29) is 11.1 Å². The number of aromatic nitrogens is 1. The molecule has 0 aliphatic heterocycles. The van der Waals surface area contributed by atoms with E-state index in [4.69, 9.17) is 5.73 Å². The molecule has 0 atom stereocenters. The third-order valence-electron chi connectivity index (χ3n) is 2.08. The number of nitrogens with two attached hydrogens (primary N) is 1. The van der Waals surface area contributed by atoms with E-state index in [1.54, 1.807) is 18.2 Å². The summed E-state index contributed by atoms with van der Waals surface area (Å²) >= 11 is 0. The van der Waals surface area contributed by atoms with E-state index in [1.165, 1.54) is 18.2 Å². The lowest BCUT2D eigenvalue weighted by Gasteiger charge is -2.06. The third-order valence-corrected chi connectivity index (χ3v) is 2.08. The zero-order chi connectivity index (χ0) is 10.8.